The largest absolute Gasteiger partial charge is 0.359 e. The molecule has 18 heavy (non-hydrogen) atoms. The fourth-order valence-corrected chi connectivity index (χ4v) is 4.55. The Balaban J connectivity index is 1.81. The van der Waals surface area contributed by atoms with Crippen molar-refractivity contribution < 1.29 is 0 Å². The number of benzene rings is 1. The summed E-state index contributed by atoms with van der Waals surface area (Å²) >= 11 is 0. The van der Waals surface area contributed by atoms with Gasteiger partial charge in [-0.05, 0) is 63.2 Å². The number of rotatable bonds is 1. The fourth-order valence-electron chi connectivity index (χ4n) is 4.55. The number of hydrogen-bond donors (Lipinski definition) is 0. The van der Waals surface area contributed by atoms with Crippen LogP contribution in [0.15, 0.2) is 41.5 Å². The van der Waals surface area contributed by atoms with Crippen LogP contribution in [-0.2, 0) is 0 Å². The summed E-state index contributed by atoms with van der Waals surface area (Å²) in [7, 11) is 0. The van der Waals surface area contributed by atoms with Crippen molar-refractivity contribution in [2.24, 2.45) is 0 Å². The van der Waals surface area contributed by atoms with Crippen LogP contribution < -0.4 is 4.90 Å². The Hall–Kier alpha value is -1.24. The van der Waals surface area contributed by atoms with Crippen molar-refractivity contribution in [2.45, 2.75) is 57.0 Å². The Bertz CT molecular complexity index is 502. The lowest BCUT2D eigenvalue weighted by Crippen LogP contribution is -2.49. The molecule has 0 unspecified atom stereocenters. The second-order valence-electron chi connectivity index (χ2n) is 6.42. The van der Waals surface area contributed by atoms with E-state index in [4.69, 9.17) is 0 Å². The van der Waals surface area contributed by atoms with Gasteiger partial charge in [0.1, 0.15) is 0 Å². The first kappa shape index (κ1) is 10.7. The van der Waals surface area contributed by atoms with Crippen molar-refractivity contribution in [3.05, 3.63) is 41.5 Å². The lowest BCUT2D eigenvalue weighted by Gasteiger charge is -2.45. The maximum atomic E-state index is 2.73. The van der Waals surface area contributed by atoms with Crippen molar-refractivity contribution >= 4 is 5.69 Å². The highest BCUT2D eigenvalue weighted by Crippen LogP contribution is 2.52. The minimum absolute atomic E-state index is 0.384. The van der Waals surface area contributed by atoms with Gasteiger partial charge >= 0.3 is 0 Å². The Labute approximate surface area is 109 Å². The van der Waals surface area contributed by atoms with E-state index in [-0.39, 0.29) is 0 Å². The van der Waals surface area contributed by atoms with Crippen molar-refractivity contribution in [3.8, 4) is 0 Å². The third-order valence-corrected chi connectivity index (χ3v) is 5.26. The van der Waals surface area contributed by atoms with E-state index in [1.54, 1.807) is 5.57 Å². The van der Waals surface area contributed by atoms with Gasteiger partial charge in [-0.1, -0.05) is 23.8 Å². The Morgan fingerprint density at radius 2 is 2.00 bits per heavy atom. The molecule has 94 valence electrons. The van der Waals surface area contributed by atoms with Crippen molar-refractivity contribution in [1.82, 2.24) is 0 Å². The van der Waals surface area contributed by atoms with Gasteiger partial charge in [0.15, 0.2) is 0 Å². The molecule has 2 heterocycles. The number of para-hydroxylation sites is 1. The summed E-state index contributed by atoms with van der Waals surface area (Å²) in [6.07, 6.45) is 8.18. The standard InChI is InChI=1S/C17H21N/c1-17-11-10-16(15-9-5-6-13(15)12-17)18(17)14-7-3-2-4-8-14/h2-4,7-8,16H,5-6,9-12H2,1H3/t16-,17+/m0/s1. The van der Waals surface area contributed by atoms with Crippen LogP contribution in [0.25, 0.3) is 0 Å². The Kier molecular flexibility index (Phi) is 2.15. The van der Waals surface area contributed by atoms with Crippen LogP contribution in [0.2, 0.25) is 0 Å². The molecule has 1 fully saturated rings. The number of fused-ring (bicyclic) bond motifs is 3. The van der Waals surface area contributed by atoms with Gasteiger partial charge in [0, 0.05) is 11.2 Å². The van der Waals surface area contributed by atoms with Gasteiger partial charge in [0.2, 0.25) is 0 Å². The second-order valence-corrected chi connectivity index (χ2v) is 6.42. The van der Waals surface area contributed by atoms with Crippen LogP contribution in [0, 0.1) is 0 Å². The van der Waals surface area contributed by atoms with E-state index in [1.165, 1.54) is 44.2 Å². The zero-order valence-electron chi connectivity index (χ0n) is 11.2. The van der Waals surface area contributed by atoms with Gasteiger partial charge in [-0.15, -0.1) is 0 Å². The molecule has 1 aromatic carbocycles. The molecule has 0 N–H and O–H groups in total. The van der Waals surface area contributed by atoms with E-state index in [0.717, 1.165) is 0 Å². The first-order valence-corrected chi connectivity index (χ1v) is 7.33. The molecular weight excluding hydrogens is 218 g/mol. The van der Waals surface area contributed by atoms with E-state index in [9.17, 15) is 0 Å². The highest BCUT2D eigenvalue weighted by molar-refractivity contribution is 5.57. The molecular formula is C17H21N. The van der Waals surface area contributed by atoms with Gasteiger partial charge in [-0.2, -0.15) is 0 Å². The third-order valence-electron chi connectivity index (χ3n) is 5.26. The molecule has 0 radical (unpaired) electrons. The molecule has 1 heteroatoms. The summed E-state index contributed by atoms with van der Waals surface area (Å²) in [4.78, 5) is 2.73. The van der Waals surface area contributed by atoms with Gasteiger partial charge < -0.3 is 4.90 Å². The van der Waals surface area contributed by atoms with Crippen LogP contribution in [-0.4, -0.2) is 11.6 Å². The van der Waals surface area contributed by atoms with Crippen LogP contribution >= 0.6 is 0 Å². The molecule has 1 saturated heterocycles. The molecule has 1 nitrogen and oxygen atoms in total. The number of hydrogen-bond acceptors (Lipinski definition) is 1. The minimum Gasteiger partial charge on any atom is -0.359 e. The average molecular weight is 239 g/mol. The molecule has 2 bridgehead atoms. The molecule has 0 amide bonds. The minimum atomic E-state index is 0.384. The summed E-state index contributed by atoms with van der Waals surface area (Å²) in [5.41, 5.74) is 5.43. The maximum absolute atomic E-state index is 2.73. The zero-order valence-corrected chi connectivity index (χ0v) is 11.2. The van der Waals surface area contributed by atoms with Crippen LogP contribution in [0.1, 0.15) is 45.4 Å². The normalized spacial score (nSPS) is 34.1. The van der Waals surface area contributed by atoms with E-state index < -0.39 is 0 Å². The van der Waals surface area contributed by atoms with E-state index in [1.807, 2.05) is 5.57 Å². The summed E-state index contributed by atoms with van der Waals surface area (Å²) in [5.74, 6) is 0. The Morgan fingerprint density at radius 3 is 2.83 bits per heavy atom. The quantitative estimate of drug-likeness (QED) is 0.660. The highest BCUT2D eigenvalue weighted by atomic mass is 15.3. The van der Waals surface area contributed by atoms with E-state index in [2.05, 4.69) is 42.2 Å². The lowest BCUT2D eigenvalue weighted by atomic mass is 9.86. The van der Waals surface area contributed by atoms with E-state index in [0.29, 0.717) is 11.6 Å². The Morgan fingerprint density at radius 1 is 1.17 bits per heavy atom. The first-order valence-electron chi connectivity index (χ1n) is 7.33. The average Bonchev–Trinajstić information content (AvgIpc) is 2.93. The lowest BCUT2D eigenvalue weighted by molar-refractivity contribution is 0.439. The SMILES string of the molecule is C[C@@]12CC[C@@H](C3=C(CCC3)C1)N2c1ccccc1. The summed E-state index contributed by atoms with van der Waals surface area (Å²) in [6.45, 7) is 2.47. The molecule has 3 aliphatic rings. The second kappa shape index (κ2) is 3.63. The molecule has 1 aliphatic carbocycles. The number of nitrogens with zero attached hydrogens (tertiary/aromatic N) is 1. The fraction of sp³-hybridized carbons (Fsp3) is 0.529. The van der Waals surface area contributed by atoms with Gasteiger partial charge in [-0.3, -0.25) is 0 Å². The smallest absolute Gasteiger partial charge is 0.0511 e. The molecule has 0 saturated carbocycles. The molecule has 4 rings (SSSR count). The monoisotopic (exact) mass is 239 g/mol. The van der Waals surface area contributed by atoms with Crippen molar-refractivity contribution in [3.63, 3.8) is 0 Å². The summed E-state index contributed by atoms with van der Waals surface area (Å²) in [5, 5.41) is 0. The third kappa shape index (κ3) is 1.33. The zero-order chi connectivity index (χ0) is 12.2. The summed E-state index contributed by atoms with van der Waals surface area (Å²) in [6, 6.07) is 11.8. The predicted octanol–water partition coefficient (Wildman–Crippen LogP) is 4.30. The molecule has 2 aliphatic heterocycles. The molecule has 0 spiro atoms. The molecule has 0 aromatic heterocycles. The number of anilines is 1. The van der Waals surface area contributed by atoms with Crippen molar-refractivity contribution in [1.29, 1.82) is 0 Å². The van der Waals surface area contributed by atoms with Crippen LogP contribution in [0.5, 0.6) is 0 Å². The predicted molar refractivity (Wildman–Crippen MR) is 75.8 cm³/mol. The van der Waals surface area contributed by atoms with Gasteiger partial charge in [0.05, 0.1) is 6.04 Å². The first-order chi connectivity index (χ1) is 8.78. The van der Waals surface area contributed by atoms with Crippen LogP contribution in [0.4, 0.5) is 5.69 Å². The summed E-state index contributed by atoms with van der Waals surface area (Å²) < 4.78 is 0. The van der Waals surface area contributed by atoms with E-state index >= 15 is 0 Å². The molecule has 1 aromatic rings. The van der Waals surface area contributed by atoms with Gasteiger partial charge in [0.25, 0.3) is 0 Å². The topological polar surface area (TPSA) is 3.24 Å². The van der Waals surface area contributed by atoms with Gasteiger partial charge in [-0.25, -0.2) is 0 Å². The van der Waals surface area contributed by atoms with Crippen molar-refractivity contribution in [2.75, 3.05) is 4.90 Å². The highest BCUT2D eigenvalue weighted by Gasteiger charge is 2.49. The maximum Gasteiger partial charge on any atom is 0.0511 e. The molecule has 2 atom stereocenters. The van der Waals surface area contributed by atoms with Crippen LogP contribution in [0.3, 0.4) is 0 Å².